The minimum atomic E-state index is -3.81. The Balaban J connectivity index is 1.67. The number of aromatic nitrogens is 2. The van der Waals surface area contributed by atoms with E-state index < -0.39 is 45.9 Å². The van der Waals surface area contributed by atoms with Crippen LogP contribution in [0.5, 0.6) is 0 Å². The minimum Gasteiger partial charge on any atom is -0.465 e. The smallest absolute Gasteiger partial charge is 0.413 e. The number of carbonyl (C=O) groups is 1. The van der Waals surface area contributed by atoms with Gasteiger partial charge < -0.3 is 14.7 Å². The van der Waals surface area contributed by atoms with Gasteiger partial charge >= 0.3 is 6.09 Å². The van der Waals surface area contributed by atoms with Crippen molar-refractivity contribution in [2.24, 2.45) is 5.41 Å². The van der Waals surface area contributed by atoms with Gasteiger partial charge in [-0.15, -0.1) is 0 Å². The molecule has 2 aliphatic heterocycles. The van der Waals surface area contributed by atoms with E-state index in [1.54, 1.807) is 0 Å². The van der Waals surface area contributed by atoms with E-state index in [0.717, 1.165) is 11.2 Å². The summed E-state index contributed by atoms with van der Waals surface area (Å²) in [6, 6.07) is 0.715. The summed E-state index contributed by atoms with van der Waals surface area (Å²) < 4.78 is 56.4. The molecular weight excluding hydrogens is 410 g/mol. The van der Waals surface area contributed by atoms with Gasteiger partial charge in [0.1, 0.15) is 11.6 Å². The second-order valence-electron chi connectivity index (χ2n) is 8.23. The maximum absolute atomic E-state index is 13.5. The molecule has 1 spiro atoms. The summed E-state index contributed by atoms with van der Waals surface area (Å²) in [4.78, 5) is 22.8. The molecule has 29 heavy (non-hydrogen) atoms. The van der Waals surface area contributed by atoms with E-state index in [9.17, 15) is 27.1 Å². The second-order valence-corrected chi connectivity index (χ2v) is 10.1. The lowest BCUT2D eigenvalue weighted by Gasteiger charge is -2.55. The van der Waals surface area contributed by atoms with Crippen molar-refractivity contribution in [1.82, 2.24) is 9.97 Å². The van der Waals surface area contributed by atoms with E-state index in [1.807, 2.05) is 4.90 Å². The first-order chi connectivity index (χ1) is 13.5. The number of sulfone groups is 1. The zero-order valence-corrected chi connectivity index (χ0v) is 16.7. The maximum Gasteiger partial charge on any atom is 0.413 e. The quantitative estimate of drug-likeness (QED) is 0.717. The molecule has 1 saturated carbocycles. The highest BCUT2D eigenvalue weighted by Gasteiger charge is 2.50. The summed E-state index contributed by atoms with van der Waals surface area (Å²) in [6.07, 6.45) is -1.33. The van der Waals surface area contributed by atoms with Crippen molar-refractivity contribution in [1.29, 1.82) is 0 Å². The maximum atomic E-state index is 13.5. The van der Waals surface area contributed by atoms with E-state index in [-0.39, 0.29) is 24.1 Å². The number of hydrogen-bond donors (Lipinski definition) is 1. The third-order valence-corrected chi connectivity index (χ3v) is 6.55. The van der Waals surface area contributed by atoms with E-state index >= 15 is 0 Å². The fourth-order valence-corrected chi connectivity index (χ4v) is 4.59. The van der Waals surface area contributed by atoms with Gasteiger partial charge in [-0.25, -0.2) is 32.0 Å². The van der Waals surface area contributed by atoms with Crippen LogP contribution in [-0.2, 0) is 14.6 Å². The van der Waals surface area contributed by atoms with Gasteiger partial charge in [-0.05, 0) is 12.8 Å². The van der Waals surface area contributed by atoms with Crippen LogP contribution in [0, 0.1) is 5.41 Å². The Morgan fingerprint density at radius 3 is 2.38 bits per heavy atom. The fraction of sp³-hybridized carbons (Fsp3) is 0.706. The van der Waals surface area contributed by atoms with E-state index in [2.05, 4.69) is 9.97 Å². The number of alkyl halides is 2. The summed E-state index contributed by atoms with van der Waals surface area (Å²) in [5, 5.41) is 9.25. The van der Waals surface area contributed by atoms with Crippen molar-refractivity contribution in [2.75, 3.05) is 42.4 Å². The van der Waals surface area contributed by atoms with Crippen LogP contribution < -0.4 is 9.80 Å². The molecule has 0 atom stereocenters. The van der Waals surface area contributed by atoms with Crippen LogP contribution in [0.4, 0.5) is 25.2 Å². The molecule has 2 saturated heterocycles. The molecule has 1 amide bonds. The molecule has 12 heteroatoms. The van der Waals surface area contributed by atoms with Crippen LogP contribution in [0.1, 0.15) is 25.7 Å². The van der Waals surface area contributed by atoms with Gasteiger partial charge in [0.2, 0.25) is 15.8 Å². The first kappa shape index (κ1) is 20.2. The number of amides is 1. The highest BCUT2D eigenvalue weighted by Crippen LogP contribution is 2.41. The lowest BCUT2D eigenvalue weighted by molar-refractivity contribution is -0.127. The van der Waals surface area contributed by atoms with Crippen LogP contribution in [0.2, 0.25) is 0 Å². The van der Waals surface area contributed by atoms with Gasteiger partial charge in [0.25, 0.3) is 5.16 Å². The predicted molar refractivity (Wildman–Crippen MR) is 98.3 cm³/mol. The first-order valence-corrected chi connectivity index (χ1v) is 11.2. The van der Waals surface area contributed by atoms with Crippen molar-refractivity contribution in [3.8, 4) is 0 Å². The number of anilines is 2. The van der Waals surface area contributed by atoms with E-state index in [1.165, 1.54) is 6.07 Å². The molecule has 0 unspecified atom stereocenters. The van der Waals surface area contributed by atoms with E-state index in [4.69, 9.17) is 4.74 Å². The van der Waals surface area contributed by atoms with Crippen LogP contribution in [0.15, 0.2) is 11.2 Å². The standard InChI is InChI=1S/C17H22F2N4O5S/c1-29(26,27)14-20-12(22-7-16(8-22)9-28-10-16)6-13(21-14)23(15(24)25)11-2-4-17(18,19)5-3-11/h6,11H,2-5,7-10H2,1H3,(H,24,25). The third-order valence-electron chi connectivity index (χ3n) is 5.71. The summed E-state index contributed by atoms with van der Waals surface area (Å²) in [5.41, 5.74) is 0.0395. The Kier molecular flexibility index (Phi) is 4.69. The van der Waals surface area contributed by atoms with Gasteiger partial charge in [0, 0.05) is 44.3 Å². The molecule has 3 aliphatic rings. The van der Waals surface area contributed by atoms with Crippen LogP contribution in [0.25, 0.3) is 0 Å². The largest absolute Gasteiger partial charge is 0.465 e. The van der Waals surface area contributed by atoms with Crippen LogP contribution >= 0.6 is 0 Å². The highest BCUT2D eigenvalue weighted by atomic mass is 32.2. The van der Waals surface area contributed by atoms with Crippen molar-refractivity contribution in [2.45, 2.75) is 42.8 Å². The predicted octanol–water partition coefficient (Wildman–Crippen LogP) is 1.78. The molecule has 3 fully saturated rings. The zero-order chi connectivity index (χ0) is 21.0. The molecule has 0 aromatic carbocycles. The summed E-state index contributed by atoms with van der Waals surface area (Å²) >= 11 is 0. The second kappa shape index (κ2) is 6.73. The van der Waals surface area contributed by atoms with Gasteiger partial charge in [0.05, 0.1) is 18.6 Å². The molecule has 0 radical (unpaired) electrons. The Morgan fingerprint density at radius 2 is 1.90 bits per heavy atom. The van der Waals surface area contributed by atoms with Crippen LogP contribution in [0.3, 0.4) is 0 Å². The number of nitrogens with zero attached hydrogens (tertiary/aromatic N) is 4. The lowest BCUT2D eigenvalue weighted by atomic mass is 9.78. The Labute approximate surface area is 166 Å². The van der Waals surface area contributed by atoms with Gasteiger partial charge in [-0.3, -0.25) is 4.90 Å². The first-order valence-electron chi connectivity index (χ1n) is 9.30. The van der Waals surface area contributed by atoms with Crippen molar-refractivity contribution >= 4 is 27.6 Å². The molecule has 3 heterocycles. The molecule has 1 aliphatic carbocycles. The summed E-state index contributed by atoms with van der Waals surface area (Å²) in [7, 11) is -3.81. The average molecular weight is 432 g/mol. The van der Waals surface area contributed by atoms with Gasteiger partial charge in [-0.2, -0.15) is 0 Å². The van der Waals surface area contributed by atoms with Crippen LogP contribution in [-0.4, -0.2) is 74.1 Å². The van der Waals surface area contributed by atoms with Gasteiger partial charge in [0.15, 0.2) is 0 Å². The zero-order valence-electron chi connectivity index (χ0n) is 15.8. The summed E-state index contributed by atoms with van der Waals surface area (Å²) in [6.45, 7) is 2.49. The number of rotatable bonds is 4. The Hall–Kier alpha value is -2.08. The van der Waals surface area contributed by atoms with Crippen molar-refractivity contribution in [3.63, 3.8) is 0 Å². The topological polar surface area (TPSA) is 113 Å². The molecule has 9 nitrogen and oxygen atoms in total. The third kappa shape index (κ3) is 3.87. The number of ether oxygens (including phenoxy) is 1. The lowest BCUT2D eigenvalue weighted by Crippen LogP contribution is -2.66. The van der Waals surface area contributed by atoms with Gasteiger partial charge in [-0.1, -0.05) is 0 Å². The molecule has 1 aromatic heterocycles. The normalized spacial score (nSPS) is 23.3. The number of hydrogen-bond acceptors (Lipinski definition) is 7. The van der Waals surface area contributed by atoms with Crippen molar-refractivity contribution in [3.05, 3.63) is 6.07 Å². The number of halogens is 2. The average Bonchev–Trinajstić information content (AvgIpc) is 2.53. The molecule has 4 rings (SSSR count). The van der Waals surface area contributed by atoms with Crippen molar-refractivity contribution < 1.29 is 31.8 Å². The minimum absolute atomic E-state index is 0.0307. The van der Waals surface area contributed by atoms with E-state index in [0.29, 0.717) is 32.1 Å². The molecular formula is C17H22F2N4O5S. The molecule has 0 bridgehead atoms. The fourth-order valence-electron chi connectivity index (χ4n) is 4.08. The molecule has 1 aromatic rings. The Morgan fingerprint density at radius 1 is 1.28 bits per heavy atom. The molecule has 160 valence electrons. The highest BCUT2D eigenvalue weighted by molar-refractivity contribution is 7.90. The SMILES string of the molecule is CS(=O)(=O)c1nc(N2CC3(COC3)C2)cc(N(C(=O)O)C2CCC(F)(F)CC2)n1. The summed E-state index contributed by atoms with van der Waals surface area (Å²) in [5.74, 6) is -2.61. The number of carboxylic acid groups (broad SMARTS) is 1. The Bertz CT molecular complexity index is 920. The molecule has 1 N–H and O–H groups in total. The monoisotopic (exact) mass is 432 g/mol.